The summed E-state index contributed by atoms with van der Waals surface area (Å²) in [5, 5.41) is 0. The van der Waals surface area contributed by atoms with Crippen molar-refractivity contribution in [3.8, 4) is 0 Å². The molecule has 0 aliphatic carbocycles. The summed E-state index contributed by atoms with van der Waals surface area (Å²) in [6, 6.07) is 0.881. The van der Waals surface area contributed by atoms with Crippen LogP contribution in [0.3, 0.4) is 0 Å². The summed E-state index contributed by atoms with van der Waals surface area (Å²) in [7, 11) is 1.45. The number of methoxy groups -OCH3 is 1. The minimum Gasteiger partial charge on any atom is -0.469 e. The van der Waals surface area contributed by atoms with E-state index in [-0.39, 0.29) is 5.97 Å². The van der Waals surface area contributed by atoms with E-state index in [4.69, 9.17) is 0 Å². The first-order chi connectivity index (χ1) is 6.65. The third-order valence-corrected chi connectivity index (χ3v) is 3.86. The highest BCUT2D eigenvalue weighted by Crippen LogP contribution is 2.19. The van der Waals surface area contributed by atoms with Gasteiger partial charge in [0.15, 0.2) is 0 Å². The number of thioether (sulfide) groups is 1. The van der Waals surface area contributed by atoms with E-state index in [1.54, 1.807) is 0 Å². The van der Waals surface area contributed by atoms with Crippen molar-refractivity contribution in [2.24, 2.45) is 0 Å². The number of hydrogen-bond acceptors (Lipinski definition) is 4. The second-order valence-electron chi connectivity index (χ2n) is 3.79. The standard InChI is InChI=1S/C10H19NO2S/c1-8(6-10(12)13-3)11-4-5-14-7-9(11)2/h8-9H,4-7H2,1-3H3. The van der Waals surface area contributed by atoms with Crippen LogP contribution in [0, 0.1) is 0 Å². The van der Waals surface area contributed by atoms with E-state index in [1.807, 2.05) is 11.8 Å². The Morgan fingerprint density at radius 3 is 3.00 bits per heavy atom. The van der Waals surface area contributed by atoms with E-state index in [9.17, 15) is 4.79 Å². The van der Waals surface area contributed by atoms with Gasteiger partial charge in [-0.1, -0.05) is 0 Å². The second kappa shape index (κ2) is 5.61. The van der Waals surface area contributed by atoms with Crippen molar-refractivity contribution < 1.29 is 9.53 Å². The second-order valence-corrected chi connectivity index (χ2v) is 4.94. The average Bonchev–Trinajstić information content (AvgIpc) is 2.18. The molecule has 0 bridgehead atoms. The zero-order valence-electron chi connectivity index (χ0n) is 9.16. The van der Waals surface area contributed by atoms with E-state index in [0.29, 0.717) is 18.5 Å². The monoisotopic (exact) mass is 217 g/mol. The predicted octanol–water partition coefficient (Wildman–Crippen LogP) is 1.38. The zero-order chi connectivity index (χ0) is 10.6. The van der Waals surface area contributed by atoms with Gasteiger partial charge in [0.05, 0.1) is 13.5 Å². The van der Waals surface area contributed by atoms with Gasteiger partial charge < -0.3 is 4.74 Å². The van der Waals surface area contributed by atoms with Gasteiger partial charge in [0.1, 0.15) is 0 Å². The first-order valence-corrected chi connectivity index (χ1v) is 6.21. The molecule has 0 aromatic carbocycles. The highest BCUT2D eigenvalue weighted by atomic mass is 32.2. The van der Waals surface area contributed by atoms with Crippen LogP contribution in [0.2, 0.25) is 0 Å². The number of rotatable bonds is 3. The molecule has 1 fully saturated rings. The molecule has 2 unspecified atom stereocenters. The van der Waals surface area contributed by atoms with Crippen molar-refractivity contribution in [1.29, 1.82) is 0 Å². The van der Waals surface area contributed by atoms with E-state index in [1.165, 1.54) is 18.6 Å². The summed E-state index contributed by atoms with van der Waals surface area (Å²) in [5.74, 6) is 2.24. The lowest BCUT2D eigenvalue weighted by atomic mass is 10.1. The van der Waals surface area contributed by atoms with Gasteiger partial charge in [-0.25, -0.2) is 0 Å². The molecule has 1 saturated heterocycles. The van der Waals surface area contributed by atoms with E-state index in [2.05, 4.69) is 23.5 Å². The van der Waals surface area contributed by atoms with E-state index >= 15 is 0 Å². The molecule has 1 heterocycles. The molecule has 4 heteroatoms. The van der Waals surface area contributed by atoms with Gasteiger partial charge >= 0.3 is 5.97 Å². The van der Waals surface area contributed by atoms with Crippen molar-refractivity contribution in [2.75, 3.05) is 25.2 Å². The first kappa shape index (κ1) is 11.9. The fraction of sp³-hybridized carbons (Fsp3) is 0.900. The fourth-order valence-electron chi connectivity index (χ4n) is 1.84. The molecular weight excluding hydrogens is 198 g/mol. The van der Waals surface area contributed by atoms with Crippen LogP contribution in [0.15, 0.2) is 0 Å². The van der Waals surface area contributed by atoms with Crippen LogP contribution in [0.5, 0.6) is 0 Å². The topological polar surface area (TPSA) is 29.5 Å². The Kier molecular flexibility index (Phi) is 4.75. The molecule has 1 aliphatic heterocycles. The number of nitrogens with zero attached hydrogens (tertiary/aromatic N) is 1. The summed E-state index contributed by atoms with van der Waals surface area (Å²) in [5.41, 5.74) is 0. The van der Waals surface area contributed by atoms with Gasteiger partial charge in [-0.05, 0) is 13.8 Å². The third kappa shape index (κ3) is 3.17. The summed E-state index contributed by atoms with van der Waals surface area (Å²) in [6.07, 6.45) is 0.505. The maximum Gasteiger partial charge on any atom is 0.307 e. The molecule has 0 amide bonds. The molecule has 0 radical (unpaired) electrons. The number of carbonyl (C=O) groups is 1. The lowest BCUT2D eigenvalue weighted by molar-refractivity contribution is -0.142. The number of ether oxygens (including phenoxy) is 1. The molecule has 0 aromatic heterocycles. The first-order valence-electron chi connectivity index (χ1n) is 5.05. The van der Waals surface area contributed by atoms with Crippen molar-refractivity contribution in [3.05, 3.63) is 0 Å². The van der Waals surface area contributed by atoms with Gasteiger partial charge in [-0.15, -0.1) is 0 Å². The Bertz CT molecular complexity index is 199. The van der Waals surface area contributed by atoms with Crippen LogP contribution in [0.4, 0.5) is 0 Å². The smallest absolute Gasteiger partial charge is 0.307 e. The highest BCUT2D eigenvalue weighted by molar-refractivity contribution is 7.99. The highest BCUT2D eigenvalue weighted by Gasteiger charge is 2.24. The lowest BCUT2D eigenvalue weighted by Crippen LogP contribution is -2.46. The van der Waals surface area contributed by atoms with Gasteiger partial charge in [0.25, 0.3) is 0 Å². The molecule has 3 nitrogen and oxygen atoms in total. The summed E-state index contributed by atoms with van der Waals surface area (Å²) in [4.78, 5) is 13.5. The molecule has 0 saturated carbocycles. The molecule has 1 aliphatic rings. The van der Waals surface area contributed by atoms with Crippen molar-refractivity contribution in [3.63, 3.8) is 0 Å². The van der Waals surface area contributed by atoms with Crippen molar-refractivity contribution >= 4 is 17.7 Å². The van der Waals surface area contributed by atoms with Crippen LogP contribution in [-0.2, 0) is 9.53 Å². The molecular formula is C10H19NO2S. The Hall–Kier alpha value is -0.220. The number of esters is 1. The largest absolute Gasteiger partial charge is 0.469 e. The minimum atomic E-state index is -0.108. The maximum absolute atomic E-state index is 11.1. The SMILES string of the molecule is COC(=O)CC(C)N1CCSCC1C. The Morgan fingerprint density at radius 1 is 1.71 bits per heavy atom. The quantitative estimate of drug-likeness (QED) is 0.668. The molecule has 0 aromatic rings. The number of carbonyl (C=O) groups excluding carboxylic acids is 1. The molecule has 82 valence electrons. The van der Waals surface area contributed by atoms with Crippen LogP contribution < -0.4 is 0 Å². The molecule has 2 atom stereocenters. The number of hydrogen-bond donors (Lipinski definition) is 0. The minimum absolute atomic E-state index is 0.108. The van der Waals surface area contributed by atoms with Gasteiger partial charge in [-0.3, -0.25) is 9.69 Å². The molecule has 1 rings (SSSR count). The van der Waals surface area contributed by atoms with Crippen LogP contribution >= 0.6 is 11.8 Å². The Balaban J connectivity index is 2.41. The molecule has 14 heavy (non-hydrogen) atoms. The maximum atomic E-state index is 11.1. The Labute approximate surface area is 90.2 Å². The van der Waals surface area contributed by atoms with Crippen molar-refractivity contribution in [2.45, 2.75) is 32.4 Å². The zero-order valence-corrected chi connectivity index (χ0v) is 9.97. The van der Waals surface area contributed by atoms with Crippen LogP contribution in [0.25, 0.3) is 0 Å². The van der Waals surface area contributed by atoms with Gasteiger partial charge in [0, 0.05) is 30.1 Å². The molecule has 0 spiro atoms. The van der Waals surface area contributed by atoms with E-state index in [0.717, 1.165) is 6.54 Å². The summed E-state index contributed by atoms with van der Waals surface area (Å²) in [6.45, 7) is 5.41. The third-order valence-electron chi connectivity index (χ3n) is 2.67. The normalized spacial score (nSPS) is 25.8. The van der Waals surface area contributed by atoms with E-state index < -0.39 is 0 Å². The summed E-state index contributed by atoms with van der Waals surface area (Å²) < 4.78 is 4.68. The van der Waals surface area contributed by atoms with Crippen molar-refractivity contribution in [1.82, 2.24) is 4.90 Å². The predicted molar refractivity (Wildman–Crippen MR) is 59.6 cm³/mol. The van der Waals surface area contributed by atoms with Gasteiger partial charge in [-0.2, -0.15) is 11.8 Å². The van der Waals surface area contributed by atoms with Crippen LogP contribution in [-0.4, -0.2) is 48.1 Å². The fourth-order valence-corrected chi connectivity index (χ4v) is 2.88. The Morgan fingerprint density at radius 2 is 2.43 bits per heavy atom. The average molecular weight is 217 g/mol. The summed E-state index contributed by atoms with van der Waals surface area (Å²) >= 11 is 1.99. The molecule has 0 N–H and O–H groups in total. The van der Waals surface area contributed by atoms with Crippen LogP contribution in [0.1, 0.15) is 20.3 Å². The van der Waals surface area contributed by atoms with Gasteiger partial charge in [0.2, 0.25) is 0 Å². The lowest BCUT2D eigenvalue weighted by Gasteiger charge is -2.37.